The third kappa shape index (κ3) is 4.68. The van der Waals surface area contributed by atoms with E-state index in [4.69, 9.17) is 4.74 Å². The maximum atomic E-state index is 13.9. The second-order valence-corrected chi connectivity index (χ2v) is 8.63. The predicted molar refractivity (Wildman–Crippen MR) is 124 cm³/mol. The molecule has 4 aromatic rings. The number of ether oxygens (including phenoxy) is 1. The standard InChI is InChI=1S/C25H21F4N5O2/c1-32(17-12-25(28,29)13-17)23-11-19(9-10-30-23)36-18-7-5-16(6-8-18)34-24(35)33(15-31-34)14-20-21(26)3-2-4-22(20)27/h2-11,15,17H,12-14H2,1H3. The Morgan fingerprint density at radius 3 is 2.42 bits per heavy atom. The van der Waals surface area contributed by atoms with Gasteiger partial charge in [0.2, 0.25) is 0 Å². The summed E-state index contributed by atoms with van der Waals surface area (Å²) in [6, 6.07) is 13.0. The number of pyridine rings is 1. The fraction of sp³-hybridized carbons (Fsp3) is 0.240. The molecule has 0 amide bonds. The number of benzene rings is 2. The summed E-state index contributed by atoms with van der Waals surface area (Å²) < 4.78 is 62.4. The molecule has 11 heteroatoms. The number of aromatic nitrogens is 4. The minimum Gasteiger partial charge on any atom is -0.457 e. The van der Waals surface area contributed by atoms with Crippen molar-refractivity contribution in [3.63, 3.8) is 0 Å². The topological polar surface area (TPSA) is 65.2 Å². The first kappa shape index (κ1) is 23.6. The smallest absolute Gasteiger partial charge is 0.350 e. The molecule has 0 radical (unpaired) electrons. The molecule has 7 nitrogen and oxygen atoms in total. The molecule has 1 aliphatic rings. The van der Waals surface area contributed by atoms with Gasteiger partial charge in [0, 0.05) is 43.8 Å². The Bertz CT molecular complexity index is 1420. The third-order valence-electron chi connectivity index (χ3n) is 6.14. The molecule has 0 bridgehead atoms. The number of hydrogen-bond donors (Lipinski definition) is 0. The van der Waals surface area contributed by atoms with Gasteiger partial charge in [0.15, 0.2) is 0 Å². The van der Waals surface area contributed by atoms with Gasteiger partial charge in [-0.05, 0) is 42.5 Å². The van der Waals surface area contributed by atoms with Crippen LogP contribution in [-0.4, -0.2) is 38.3 Å². The molecule has 0 atom stereocenters. The summed E-state index contributed by atoms with van der Waals surface area (Å²) in [6.07, 6.45) is 2.34. The first-order valence-corrected chi connectivity index (χ1v) is 11.1. The SMILES string of the molecule is CN(c1cc(Oc2ccc(-n3ncn(Cc4c(F)cccc4F)c3=O)cc2)ccn1)C1CC(F)(F)C1. The van der Waals surface area contributed by atoms with Gasteiger partial charge >= 0.3 is 5.69 Å². The number of rotatable bonds is 7. The van der Waals surface area contributed by atoms with Gasteiger partial charge in [0.05, 0.1) is 12.2 Å². The van der Waals surface area contributed by atoms with E-state index in [0.717, 1.165) is 21.4 Å². The van der Waals surface area contributed by atoms with Crippen LogP contribution in [0.25, 0.3) is 5.69 Å². The molecule has 186 valence electrons. The molecule has 1 aliphatic carbocycles. The third-order valence-corrected chi connectivity index (χ3v) is 6.14. The fourth-order valence-electron chi connectivity index (χ4n) is 4.01. The van der Waals surface area contributed by atoms with Gasteiger partial charge in [-0.25, -0.2) is 27.3 Å². The number of nitrogens with zero attached hydrogens (tertiary/aromatic N) is 5. The lowest BCUT2D eigenvalue weighted by Gasteiger charge is -2.41. The maximum Gasteiger partial charge on any atom is 0.350 e. The highest BCUT2D eigenvalue weighted by Crippen LogP contribution is 2.41. The lowest BCUT2D eigenvalue weighted by Crippen LogP contribution is -2.49. The quantitative estimate of drug-likeness (QED) is 0.343. The van der Waals surface area contributed by atoms with Crippen LogP contribution >= 0.6 is 0 Å². The summed E-state index contributed by atoms with van der Waals surface area (Å²) >= 11 is 0. The van der Waals surface area contributed by atoms with Crippen molar-refractivity contribution < 1.29 is 22.3 Å². The molecule has 0 saturated heterocycles. The average Bonchev–Trinajstić information content (AvgIpc) is 3.20. The Balaban J connectivity index is 1.29. The molecule has 0 unspecified atom stereocenters. The summed E-state index contributed by atoms with van der Waals surface area (Å²) in [5, 5.41) is 4.04. The molecule has 2 aromatic heterocycles. The van der Waals surface area contributed by atoms with Gasteiger partial charge < -0.3 is 9.64 Å². The zero-order chi connectivity index (χ0) is 25.4. The van der Waals surface area contributed by atoms with Gasteiger partial charge in [-0.1, -0.05) is 6.07 Å². The van der Waals surface area contributed by atoms with Crippen LogP contribution in [0.4, 0.5) is 23.4 Å². The van der Waals surface area contributed by atoms with Crippen molar-refractivity contribution in [2.24, 2.45) is 0 Å². The van der Waals surface area contributed by atoms with E-state index >= 15 is 0 Å². The molecular weight excluding hydrogens is 478 g/mol. The van der Waals surface area contributed by atoms with Gasteiger partial charge in [-0.3, -0.25) is 4.57 Å². The molecular formula is C25H21F4N5O2. The predicted octanol–water partition coefficient (Wildman–Crippen LogP) is 4.78. The average molecular weight is 499 g/mol. The van der Waals surface area contributed by atoms with Gasteiger partial charge in [-0.15, -0.1) is 0 Å². The zero-order valence-corrected chi connectivity index (χ0v) is 19.1. The summed E-state index contributed by atoms with van der Waals surface area (Å²) in [5.74, 6) is -2.65. The van der Waals surface area contributed by atoms with E-state index in [1.807, 2.05) is 0 Å². The van der Waals surface area contributed by atoms with Gasteiger partial charge in [-0.2, -0.15) is 9.78 Å². The summed E-state index contributed by atoms with van der Waals surface area (Å²) in [4.78, 5) is 18.7. The highest BCUT2D eigenvalue weighted by Gasteiger charge is 2.47. The van der Waals surface area contributed by atoms with Crippen molar-refractivity contribution in [3.8, 4) is 17.2 Å². The van der Waals surface area contributed by atoms with Crippen molar-refractivity contribution in [2.45, 2.75) is 31.4 Å². The lowest BCUT2D eigenvalue weighted by atomic mass is 9.87. The van der Waals surface area contributed by atoms with E-state index in [1.54, 1.807) is 48.3 Å². The molecule has 5 rings (SSSR count). The van der Waals surface area contributed by atoms with Crippen molar-refractivity contribution in [1.29, 1.82) is 0 Å². The van der Waals surface area contributed by atoms with Crippen molar-refractivity contribution in [3.05, 3.63) is 94.8 Å². The van der Waals surface area contributed by atoms with E-state index < -0.39 is 23.2 Å². The normalized spacial score (nSPS) is 14.9. The van der Waals surface area contributed by atoms with Crippen LogP contribution in [0, 0.1) is 11.6 Å². The molecule has 2 heterocycles. The van der Waals surface area contributed by atoms with E-state index in [1.165, 1.54) is 18.6 Å². The van der Waals surface area contributed by atoms with Crippen LogP contribution in [0.3, 0.4) is 0 Å². The fourth-order valence-corrected chi connectivity index (χ4v) is 4.01. The summed E-state index contributed by atoms with van der Waals surface area (Å²) in [6.45, 7) is -0.296. The molecule has 0 aliphatic heterocycles. The molecule has 0 N–H and O–H groups in total. The highest BCUT2D eigenvalue weighted by molar-refractivity contribution is 5.46. The Labute approximate surface area is 203 Å². The van der Waals surface area contributed by atoms with Crippen molar-refractivity contribution in [2.75, 3.05) is 11.9 Å². The highest BCUT2D eigenvalue weighted by atomic mass is 19.3. The second-order valence-electron chi connectivity index (χ2n) is 8.63. The second kappa shape index (κ2) is 9.14. The Kier molecular flexibility index (Phi) is 5.99. The van der Waals surface area contributed by atoms with E-state index in [0.29, 0.717) is 23.0 Å². The largest absolute Gasteiger partial charge is 0.457 e. The number of anilines is 1. The minimum absolute atomic E-state index is 0.206. The van der Waals surface area contributed by atoms with Crippen LogP contribution in [0.2, 0.25) is 0 Å². The van der Waals surface area contributed by atoms with Crippen molar-refractivity contribution in [1.82, 2.24) is 19.3 Å². The first-order chi connectivity index (χ1) is 17.2. The number of halogens is 4. The monoisotopic (exact) mass is 499 g/mol. The lowest BCUT2D eigenvalue weighted by molar-refractivity contribution is -0.0850. The van der Waals surface area contributed by atoms with Crippen LogP contribution in [0.15, 0.2) is 71.9 Å². The number of alkyl halides is 2. The number of hydrogen-bond acceptors (Lipinski definition) is 5. The van der Waals surface area contributed by atoms with Crippen LogP contribution < -0.4 is 15.3 Å². The van der Waals surface area contributed by atoms with E-state index in [-0.39, 0.29) is 31.0 Å². The molecule has 2 aromatic carbocycles. The maximum absolute atomic E-state index is 13.9. The summed E-state index contributed by atoms with van der Waals surface area (Å²) in [5.41, 5.74) is -0.354. The van der Waals surface area contributed by atoms with Crippen LogP contribution in [0.1, 0.15) is 18.4 Å². The first-order valence-electron chi connectivity index (χ1n) is 11.1. The van der Waals surface area contributed by atoms with Crippen LogP contribution in [-0.2, 0) is 6.54 Å². The summed E-state index contributed by atoms with van der Waals surface area (Å²) in [7, 11) is 1.72. The van der Waals surface area contributed by atoms with Crippen molar-refractivity contribution >= 4 is 5.82 Å². The zero-order valence-electron chi connectivity index (χ0n) is 19.1. The molecule has 1 saturated carbocycles. The Morgan fingerprint density at radius 2 is 1.75 bits per heavy atom. The molecule has 36 heavy (non-hydrogen) atoms. The van der Waals surface area contributed by atoms with Crippen LogP contribution in [0.5, 0.6) is 11.5 Å². The Morgan fingerprint density at radius 1 is 1.06 bits per heavy atom. The van der Waals surface area contributed by atoms with E-state index in [2.05, 4.69) is 10.1 Å². The van der Waals surface area contributed by atoms with Gasteiger partial charge in [0.25, 0.3) is 5.92 Å². The Hall–Kier alpha value is -4.15. The van der Waals surface area contributed by atoms with Gasteiger partial charge in [0.1, 0.15) is 35.3 Å². The molecule has 1 fully saturated rings. The minimum atomic E-state index is -2.62. The molecule has 0 spiro atoms. The van der Waals surface area contributed by atoms with E-state index in [9.17, 15) is 22.4 Å².